The Morgan fingerprint density at radius 1 is 1.08 bits per heavy atom. The molecule has 1 aliphatic carbocycles. The molecule has 0 spiro atoms. The van der Waals surface area contributed by atoms with E-state index in [2.05, 4.69) is 22.0 Å². The molecule has 2 aliphatic rings. The summed E-state index contributed by atoms with van der Waals surface area (Å²) in [5.74, 6) is -3.29. The number of carbonyl (C=O) groups is 3. The molecule has 11 nitrogen and oxygen atoms in total. The standard InChI is InChI=1S/C20H24N2O2.C6H8O7/c1-24-17-6-4-5-15(11-17)12-22-13-16-8-9-20(23,18(16)14-22)19-7-2-3-10-21-19;7-3(8)1-6(13,5(11)12)2-4(9)10/h2-7,10-11,16,18,23H,8-9,12-14H2,1H3;13H,1-2H2,(H,7,8)(H,9,10)(H,11,12)/t16-,18+,20-;/m0./s1. The number of methoxy groups -OCH3 is 1. The molecule has 2 aromatic rings. The number of hydrogen-bond acceptors (Lipinski definition) is 8. The summed E-state index contributed by atoms with van der Waals surface area (Å²) in [5, 5.41) is 45.1. The van der Waals surface area contributed by atoms with Crippen LogP contribution in [0.2, 0.25) is 0 Å². The van der Waals surface area contributed by atoms with Crippen molar-refractivity contribution < 1.29 is 44.7 Å². The Labute approximate surface area is 214 Å². The molecule has 1 saturated heterocycles. The van der Waals surface area contributed by atoms with Gasteiger partial charge in [-0.3, -0.25) is 19.5 Å². The molecule has 2 heterocycles. The number of fused-ring (bicyclic) bond motifs is 1. The van der Waals surface area contributed by atoms with Crippen LogP contribution in [0.25, 0.3) is 0 Å². The molecule has 11 heteroatoms. The number of nitrogens with zero attached hydrogens (tertiary/aromatic N) is 2. The topological polar surface area (TPSA) is 178 Å². The van der Waals surface area contributed by atoms with Crippen LogP contribution in [0.1, 0.15) is 36.9 Å². The number of carboxylic acids is 3. The maximum atomic E-state index is 11.3. The Hall–Kier alpha value is -3.54. The third-order valence-corrected chi connectivity index (χ3v) is 6.96. The zero-order valence-electron chi connectivity index (χ0n) is 20.5. The number of likely N-dealkylation sites (tertiary alicyclic amines) is 1. The van der Waals surface area contributed by atoms with Crippen molar-refractivity contribution in [1.82, 2.24) is 9.88 Å². The van der Waals surface area contributed by atoms with Gasteiger partial charge in [-0.05, 0) is 48.6 Å². The summed E-state index contributed by atoms with van der Waals surface area (Å²) < 4.78 is 5.32. The van der Waals surface area contributed by atoms with E-state index in [1.165, 1.54) is 5.56 Å². The number of benzene rings is 1. The minimum Gasteiger partial charge on any atom is -0.497 e. The smallest absolute Gasteiger partial charge is 0.336 e. The Bertz CT molecular complexity index is 1090. The zero-order chi connectivity index (χ0) is 27.2. The van der Waals surface area contributed by atoms with Gasteiger partial charge in [0.15, 0.2) is 5.60 Å². The monoisotopic (exact) mass is 516 g/mol. The Balaban J connectivity index is 0.000000251. The first-order chi connectivity index (χ1) is 17.5. The number of aliphatic hydroxyl groups is 2. The summed E-state index contributed by atoms with van der Waals surface area (Å²) in [6.07, 6.45) is 1.39. The first kappa shape index (κ1) is 28.0. The molecule has 0 unspecified atom stereocenters. The fourth-order valence-electron chi connectivity index (χ4n) is 5.19. The van der Waals surface area contributed by atoms with E-state index in [0.29, 0.717) is 5.92 Å². The van der Waals surface area contributed by atoms with E-state index in [0.717, 1.165) is 43.9 Å². The fourth-order valence-corrected chi connectivity index (χ4v) is 5.19. The van der Waals surface area contributed by atoms with Gasteiger partial charge in [-0.2, -0.15) is 0 Å². The predicted molar refractivity (Wildman–Crippen MR) is 130 cm³/mol. The first-order valence-electron chi connectivity index (χ1n) is 11.9. The van der Waals surface area contributed by atoms with Gasteiger partial charge in [0.25, 0.3) is 0 Å². The van der Waals surface area contributed by atoms with E-state index in [1.807, 2.05) is 30.3 Å². The van der Waals surface area contributed by atoms with Crippen LogP contribution in [-0.2, 0) is 26.5 Å². The maximum Gasteiger partial charge on any atom is 0.336 e. The average Bonchev–Trinajstić information content (AvgIpc) is 3.39. The van der Waals surface area contributed by atoms with Gasteiger partial charge in [0.05, 0.1) is 25.6 Å². The molecule has 1 aliphatic heterocycles. The molecule has 200 valence electrons. The predicted octanol–water partition coefficient (Wildman–Crippen LogP) is 1.57. The maximum absolute atomic E-state index is 11.3. The highest BCUT2D eigenvalue weighted by Gasteiger charge is 2.53. The summed E-state index contributed by atoms with van der Waals surface area (Å²) in [7, 11) is 1.70. The lowest BCUT2D eigenvalue weighted by molar-refractivity contribution is -0.170. The SMILES string of the molecule is COc1cccc(CN2C[C@@H]3CC[C@@](O)(c4ccccn4)[C@@H]3C2)c1.O=C(O)CC(O)(CC(=O)O)C(=O)O. The van der Waals surface area contributed by atoms with Crippen LogP contribution in [0.5, 0.6) is 5.75 Å². The number of pyridine rings is 1. The molecule has 0 radical (unpaired) electrons. The number of hydrogen-bond donors (Lipinski definition) is 5. The molecule has 1 saturated carbocycles. The highest BCUT2D eigenvalue weighted by molar-refractivity contribution is 5.88. The van der Waals surface area contributed by atoms with Gasteiger partial charge in [0.1, 0.15) is 11.4 Å². The van der Waals surface area contributed by atoms with Crippen molar-refractivity contribution in [3.8, 4) is 5.75 Å². The molecule has 3 atom stereocenters. The van der Waals surface area contributed by atoms with Crippen molar-refractivity contribution in [2.75, 3.05) is 20.2 Å². The Morgan fingerprint density at radius 2 is 1.78 bits per heavy atom. The van der Waals surface area contributed by atoms with Gasteiger partial charge in [-0.1, -0.05) is 18.2 Å². The quantitative estimate of drug-likeness (QED) is 0.327. The second-order valence-corrected chi connectivity index (χ2v) is 9.57. The molecule has 4 rings (SSSR count). The van der Waals surface area contributed by atoms with E-state index in [9.17, 15) is 19.5 Å². The van der Waals surface area contributed by atoms with Crippen LogP contribution >= 0.6 is 0 Å². The average molecular weight is 517 g/mol. The number of aliphatic carboxylic acids is 3. The van der Waals surface area contributed by atoms with Crippen LogP contribution in [0.4, 0.5) is 0 Å². The molecule has 0 amide bonds. The Morgan fingerprint density at radius 3 is 2.35 bits per heavy atom. The van der Waals surface area contributed by atoms with Gasteiger partial charge in [0, 0.05) is 31.7 Å². The summed E-state index contributed by atoms with van der Waals surface area (Å²) in [5.41, 5.74) is -1.41. The largest absolute Gasteiger partial charge is 0.497 e. The lowest BCUT2D eigenvalue weighted by Crippen LogP contribution is -2.42. The van der Waals surface area contributed by atoms with Gasteiger partial charge < -0.3 is 30.3 Å². The fraction of sp³-hybridized carbons (Fsp3) is 0.462. The number of aromatic nitrogens is 1. The van der Waals surface area contributed by atoms with Crippen LogP contribution in [0.15, 0.2) is 48.7 Å². The van der Waals surface area contributed by atoms with Crippen molar-refractivity contribution in [3.05, 3.63) is 59.9 Å². The Kier molecular flexibility index (Phi) is 8.85. The minimum absolute atomic E-state index is 0.276. The molecule has 1 aromatic carbocycles. The number of ether oxygens (including phenoxy) is 1. The lowest BCUT2D eigenvalue weighted by atomic mass is 9.85. The van der Waals surface area contributed by atoms with Crippen molar-refractivity contribution in [2.24, 2.45) is 11.8 Å². The van der Waals surface area contributed by atoms with E-state index >= 15 is 0 Å². The first-order valence-corrected chi connectivity index (χ1v) is 11.9. The number of rotatable bonds is 9. The van der Waals surface area contributed by atoms with Gasteiger partial charge in [0.2, 0.25) is 0 Å². The third-order valence-electron chi connectivity index (χ3n) is 6.96. The van der Waals surface area contributed by atoms with Gasteiger partial charge in [-0.15, -0.1) is 0 Å². The summed E-state index contributed by atoms with van der Waals surface area (Å²) >= 11 is 0. The summed E-state index contributed by atoms with van der Waals surface area (Å²) in [4.78, 5) is 37.4. The van der Waals surface area contributed by atoms with Crippen molar-refractivity contribution in [1.29, 1.82) is 0 Å². The van der Waals surface area contributed by atoms with Gasteiger partial charge in [-0.25, -0.2) is 4.79 Å². The normalized spacial score (nSPS) is 23.0. The van der Waals surface area contributed by atoms with Gasteiger partial charge >= 0.3 is 17.9 Å². The molecular formula is C26H32N2O9. The summed E-state index contributed by atoms with van der Waals surface area (Å²) in [6.45, 7) is 2.88. The van der Waals surface area contributed by atoms with Crippen LogP contribution in [-0.4, -0.2) is 79.1 Å². The van der Waals surface area contributed by atoms with E-state index in [-0.39, 0.29) is 5.92 Å². The minimum atomic E-state index is -2.74. The summed E-state index contributed by atoms with van der Waals surface area (Å²) in [6, 6.07) is 14.1. The molecule has 2 fully saturated rings. The molecule has 0 bridgehead atoms. The lowest BCUT2D eigenvalue weighted by Gasteiger charge is -2.29. The van der Waals surface area contributed by atoms with Crippen molar-refractivity contribution >= 4 is 17.9 Å². The molecular weight excluding hydrogens is 484 g/mol. The van der Waals surface area contributed by atoms with Crippen LogP contribution in [0, 0.1) is 11.8 Å². The second-order valence-electron chi connectivity index (χ2n) is 9.57. The highest BCUT2D eigenvalue weighted by atomic mass is 16.5. The van der Waals surface area contributed by atoms with Crippen LogP contribution in [0.3, 0.4) is 0 Å². The molecule has 5 N–H and O–H groups in total. The van der Waals surface area contributed by atoms with Crippen molar-refractivity contribution in [2.45, 2.75) is 43.4 Å². The number of carboxylic acid groups (broad SMARTS) is 3. The molecule has 1 aromatic heterocycles. The second kappa shape index (κ2) is 11.7. The van der Waals surface area contributed by atoms with Crippen molar-refractivity contribution in [3.63, 3.8) is 0 Å². The van der Waals surface area contributed by atoms with E-state index in [1.54, 1.807) is 13.3 Å². The van der Waals surface area contributed by atoms with E-state index in [4.69, 9.17) is 25.2 Å². The van der Waals surface area contributed by atoms with Crippen LogP contribution < -0.4 is 4.74 Å². The third kappa shape index (κ3) is 6.82. The molecule has 37 heavy (non-hydrogen) atoms. The van der Waals surface area contributed by atoms with E-state index < -0.39 is 42.0 Å². The highest BCUT2D eigenvalue weighted by Crippen LogP contribution is 2.50. The zero-order valence-corrected chi connectivity index (χ0v) is 20.5.